The zero-order valence-corrected chi connectivity index (χ0v) is 17.1. The number of pyridine rings is 1. The normalized spacial score (nSPS) is 15.8. The topological polar surface area (TPSA) is 52.8 Å². The number of hydrogen-bond acceptors (Lipinski definition) is 5. The van der Waals surface area contributed by atoms with Crippen LogP contribution in [0.1, 0.15) is 36.2 Å². The summed E-state index contributed by atoms with van der Waals surface area (Å²) in [5.74, 6) is 4.16. The van der Waals surface area contributed by atoms with Crippen LogP contribution in [0.25, 0.3) is 5.69 Å². The number of ether oxygens (including phenoxy) is 1. The lowest BCUT2D eigenvalue weighted by Crippen LogP contribution is -2.09. The lowest BCUT2D eigenvalue weighted by molar-refractivity contribution is 0.292. The van der Waals surface area contributed by atoms with Crippen LogP contribution >= 0.6 is 11.8 Å². The van der Waals surface area contributed by atoms with Gasteiger partial charge in [-0.25, -0.2) is 0 Å². The lowest BCUT2D eigenvalue weighted by atomic mass is 10.1. The summed E-state index contributed by atoms with van der Waals surface area (Å²) in [6.45, 7) is 2.28. The Bertz CT molecular complexity index is 1050. The molecule has 1 atom stereocenters. The second kappa shape index (κ2) is 8.97. The Hall–Kier alpha value is -3.04. The first-order chi connectivity index (χ1) is 14.2. The van der Waals surface area contributed by atoms with Crippen molar-refractivity contribution >= 4 is 11.8 Å². The van der Waals surface area contributed by atoms with E-state index in [9.17, 15) is 0 Å². The number of thioether (sulfide) groups is 1. The summed E-state index contributed by atoms with van der Waals surface area (Å²) in [7, 11) is 0. The highest BCUT2D eigenvalue weighted by atomic mass is 32.2. The molecule has 1 aromatic carbocycles. The van der Waals surface area contributed by atoms with Gasteiger partial charge in [-0.1, -0.05) is 29.8 Å². The highest BCUT2D eigenvalue weighted by Gasteiger charge is 2.19. The van der Waals surface area contributed by atoms with E-state index in [1.54, 1.807) is 18.0 Å². The molecule has 0 aliphatic heterocycles. The van der Waals surface area contributed by atoms with Crippen molar-refractivity contribution in [3.63, 3.8) is 0 Å². The fourth-order valence-corrected chi connectivity index (χ4v) is 4.42. The largest absolute Gasteiger partial charge is 0.486 e. The lowest BCUT2D eigenvalue weighted by Gasteiger charge is -2.16. The van der Waals surface area contributed by atoms with Gasteiger partial charge in [0.2, 0.25) is 0 Å². The first-order valence-corrected chi connectivity index (χ1v) is 10.5. The van der Waals surface area contributed by atoms with Gasteiger partial charge in [0, 0.05) is 17.0 Å². The quantitative estimate of drug-likeness (QED) is 0.441. The zero-order valence-electron chi connectivity index (χ0n) is 16.3. The van der Waals surface area contributed by atoms with Crippen LogP contribution in [0.2, 0.25) is 0 Å². The van der Waals surface area contributed by atoms with Crippen molar-refractivity contribution in [1.82, 2.24) is 19.7 Å². The predicted molar refractivity (Wildman–Crippen MR) is 115 cm³/mol. The highest BCUT2D eigenvalue weighted by Crippen LogP contribution is 2.31. The molecule has 0 amide bonds. The third-order valence-electron chi connectivity index (χ3n) is 4.79. The standard InChI is InChI=1S/C23H22N4OS/c1-3-18-11-12-20(14-17(18)2)28-16-22-25-26-23(29-21-9-5-4-6-10-21)27(22)19-8-7-13-24-15-19/h1,5,7-9,11-15,21H,4,6,10,16H2,2H3. The highest BCUT2D eigenvalue weighted by molar-refractivity contribution is 7.99. The van der Waals surface area contributed by atoms with E-state index in [1.165, 1.54) is 6.42 Å². The summed E-state index contributed by atoms with van der Waals surface area (Å²) < 4.78 is 8.03. The molecule has 0 fully saturated rings. The van der Waals surface area contributed by atoms with Crippen LogP contribution in [0.3, 0.4) is 0 Å². The van der Waals surface area contributed by atoms with E-state index in [-0.39, 0.29) is 0 Å². The van der Waals surface area contributed by atoms with E-state index >= 15 is 0 Å². The van der Waals surface area contributed by atoms with Gasteiger partial charge in [-0.2, -0.15) is 0 Å². The predicted octanol–water partition coefficient (Wildman–Crippen LogP) is 4.73. The number of allylic oxidation sites excluding steroid dienone is 1. The number of aryl methyl sites for hydroxylation is 1. The third kappa shape index (κ3) is 4.52. The van der Waals surface area contributed by atoms with Gasteiger partial charge in [0.1, 0.15) is 12.4 Å². The Morgan fingerprint density at radius 2 is 2.24 bits per heavy atom. The summed E-state index contributed by atoms with van der Waals surface area (Å²) in [4.78, 5) is 4.26. The monoisotopic (exact) mass is 402 g/mol. The van der Waals surface area contributed by atoms with Gasteiger partial charge in [0.25, 0.3) is 0 Å². The number of hydrogen-bond donors (Lipinski definition) is 0. The molecule has 3 aromatic rings. The minimum Gasteiger partial charge on any atom is -0.486 e. The average molecular weight is 403 g/mol. The Balaban J connectivity index is 1.59. The van der Waals surface area contributed by atoms with Crippen LogP contribution in [0, 0.1) is 19.3 Å². The molecule has 4 rings (SSSR count). The molecule has 5 nitrogen and oxygen atoms in total. The summed E-state index contributed by atoms with van der Waals surface area (Å²) in [5.41, 5.74) is 2.81. The maximum Gasteiger partial charge on any atom is 0.196 e. The number of benzene rings is 1. The van der Waals surface area contributed by atoms with Crippen LogP contribution in [-0.4, -0.2) is 25.0 Å². The summed E-state index contributed by atoms with van der Waals surface area (Å²) in [6.07, 6.45) is 17.1. The van der Waals surface area contributed by atoms with Crippen molar-refractivity contribution in [2.45, 2.75) is 43.2 Å². The van der Waals surface area contributed by atoms with Crippen LogP contribution < -0.4 is 4.74 Å². The summed E-state index contributed by atoms with van der Waals surface area (Å²) in [6, 6.07) is 9.65. The molecular formula is C23H22N4OS. The molecule has 0 spiro atoms. The maximum absolute atomic E-state index is 6.00. The molecule has 1 unspecified atom stereocenters. The van der Waals surface area contributed by atoms with E-state index in [1.807, 2.05) is 48.0 Å². The third-order valence-corrected chi connectivity index (χ3v) is 5.96. The van der Waals surface area contributed by atoms with Crippen molar-refractivity contribution in [2.24, 2.45) is 0 Å². The van der Waals surface area contributed by atoms with E-state index in [4.69, 9.17) is 11.2 Å². The van der Waals surface area contributed by atoms with Crippen molar-refractivity contribution in [1.29, 1.82) is 0 Å². The van der Waals surface area contributed by atoms with Crippen molar-refractivity contribution in [3.8, 4) is 23.8 Å². The van der Waals surface area contributed by atoms with E-state index in [2.05, 4.69) is 33.3 Å². The summed E-state index contributed by atoms with van der Waals surface area (Å²) >= 11 is 1.73. The number of aromatic nitrogens is 4. The fraction of sp³-hybridized carbons (Fsp3) is 0.261. The second-order valence-electron chi connectivity index (χ2n) is 6.87. The van der Waals surface area contributed by atoms with Crippen molar-refractivity contribution < 1.29 is 4.74 Å². The molecular weight excluding hydrogens is 380 g/mol. The molecule has 0 saturated heterocycles. The molecule has 0 N–H and O–H groups in total. The molecule has 29 heavy (non-hydrogen) atoms. The fourth-order valence-electron chi connectivity index (χ4n) is 3.27. The Morgan fingerprint density at radius 3 is 2.97 bits per heavy atom. The molecule has 1 aliphatic rings. The minimum absolute atomic E-state index is 0.303. The average Bonchev–Trinajstić information content (AvgIpc) is 3.16. The van der Waals surface area contributed by atoms with E-state index < -0.39 is 0 Å². The second-order valence-corrected chi connectivity index (χ2v) is 8.08. The molecule has 6 heteroatoms. The van der Waals surface area contributed by atoms with Gasteiger partial charge in [0.05, 0.1) is 11.9 Å². The van der Waals surface area contributed by atoms with Gasteiger partial charge in [0.15, 0.2) is 11.0 Å². The number of terminal acetylenes is 1. The molecule has 1 aliphatic carbocycles. The van der Waals surface area contributed by atoms with Gasteiger partial charge in [-0.05, 0) is 62.1 Å². The van der Waals surface area contributed by atoms with Crippen LogP contribution in [0.15, 0.2) is 60.0 Å². The van der Waals surface area contributed by atoms with E-state index in [0.29, 0.717) is 11.9 Å². The molecule has 0 radical (unpaired) electrons. The van der Waals surface area contributed by atoms with Crippen LogP contribution in [0.4, 0.5) is 0 Å². The molecule has 0 bridgehead atoms. The van der Waals surface area contributed by atoms with Crippen LogP contribution in [-0.2, 0) is 6.61 Å². The van der Waals surface area contributed by atoms with Gasteiger partial charge in [-0.3, -0.25) is 9.55 Å². The Labute approximate surface area is 175 Å². The Morgan fingerprint density at radius 1 is 1.31 bits per heavy atom. The van der Waals surface area contributed by atoms with Crippen molar-refractivity contribution in [2.75, 3.05) is 0 Å². The molecule has 2 aromatic heterocycles. The minimum atomic E-state index is 0.303. The smallest absolute Gasteiger partial charge is 0.196 e. The van der Waals surface area contributed by atoms with Gasteiger partial charge < -0.3 is 4.74 Å². The number of rotatable bonds is 6. The van der Waals surface area contributed by atoms with Gasteiger partial charge in [-0.15, -0.1) is 16.6 Å². The SMILES string of the molecule is C#Cc1ccc(OCc2nnc(SC3C=CCCC3)n2-c2cccnc2)cc1C. The van der Waals surface area contributed by atoms with E-state index in [0.717, 1.165) is 46.4 Å². The number of nitrogens with zero attached hydrogens (tertiary/aromatic N) is 4. The first-order valence-electron chi connectivity index (χ1n) is 9.62. The van der Waals surface area contributed by atoms with Crippen molar-refractivity contribution in [3.05, 3.63) is 71.8 Å². The van der Waals surface area contributed by atoms with Gasteiger partial charge >= 0.3 is 0 Å². The molecule has 146 valence electrons. The zero-order chi connectivity index (χ0) is 20.1. The Kier molecular flexibility index (Phi) is 5.97. The first kappa shape index (κ1) is 19.3. The maximum atomic E-state index is 6.00. The van der Waals surface area contributed by atoms with Crippen LogP contribution in [0.5, 0.6) is 5.75 Å². The summed E-state index contributed by atoms with van der Waals surface area (Å²) in [5, 5.41) is 10.1. The molecule has 2 heterocycles. The molecule has 0 saturated carbocycles.